The van der Waals surface area contributed by atoms with Gasteiger partial charge in [0, 0.05) is 29.7 Å². The van der Waals surface area contributed by atoms with E-state index in [0.717, 1.165) is 38.2 Å². The number of likely N-dealkylation sites (tertiary alicyclic amines) is 1. The van der Waals surface area contributed by atoms with Gasteiger partial charge in [0.05, 0.1) is 0 Å². The molecule has 1 saturated carbocycles. The van der Waals surface area contributed by atoms with E-state index in [1.165, 1.54) is 42.4 Å². The van der Waals surface area contributed by atoms with Gasteiger partial charge in [-0.3, -0.25) is 4.90 Å². The topological polar surface area (TPSA) is 35.6 Å². The normalized spacial score (nSPS) is 24.6. The first-order valence-electron chi connectivity index (χ1n) is 11.0. The first-order valence-corrected chi connectivity index (χ1v) is 11.0. The minimum atomic E-state index is 0.0444. The van der Waals surface area contributed by atoms with Crippen LogP contribution in [0.4, 0.5) is 10.5 Å². The van der Waals surface area contributed by atoms with Crippen LogP contribution in [0, 0.1) is 6.92 Å². The monoisotopic (exact) mass is 381 g/mol. The summed E-state index contributed by atoms with van der Waals surface area (Å²) in [6.45, 7) is 13.5. The van der Waals surface area contributed by atoms with E-state index in [2.05, 4.69) is 41.9 Å². The van der Waals surface area contributed by atoms with Gasteiger partial charge in [0.25, 0.3) is 0 Å². The highest BCUT2D eigenvalue weighted by Gasteiger charge is 2.47. The van der Waals surface area contributed by atoms with Crippen molar-refractivity contribution in [2.75, 3.05) is 24.5 Å². The Kier molecular flexibility index (Phi) is 5.26. The fraction of sp³-hybridized carbons (Fsp3) is 0.625. The third kappa shape index (κ3) is 3.59. The summed E-state index contributed by atoms with van der Waals surface area (Å²) in [7, 11) is 0. The van der Waals surface area contributed by atoms with E-state index in [4.69, 9.17) is 0 Å². The molecule has 0 aromatic heterocycles. The van der Waals surface area contributed by atoms with Crippen molar-refractivity contribution in [1.82, 2.24) is 10.2 Å². The summed E-state index contributed by atoms with van der Waals surface area (Å²) in [5, 5.41) is 3.09. The second kappa shape index (κ2) is 7.55. The fourth-order valence-corrected chi connectivity index (χ4v) is 5.47. The molecule has 1 saturated heterocycles. The average Bonchev–Trinajstić information content (AvgIpc) is 2.96. The Bertz CT molecular complexity index is 761. The number of anilines is 1. The SMILES string of the molecule is C=C1CCCC(N2CCC3(CC2)CN(C(=O)NC(C)C)c2ccc(C)cc23)C1. The van der Waals surface area contributed by atoms with Crippen molar-refractivity contribution in [3.63, 3.8) is 0 Å². The van der Waals surface area contributed by atoms with Crippen molar-refractivity contribution in [3.8, 4) is 0 Å². The summed E-state index contributed by atoms with van der Waals surface area (Å²) in [5.74, 6) is 0. The van der Waals surface area contributed by atoms with Crippen molar-refractivity contribution in [1.29, 1.82) is 0 Å². The van der Waals surface area contributed by atoms with Gasteiger partial charge in [-0.2, -0.15) is 0 Å². The maximum Gasteiger partial charge on any atom is 0.322 e. The molecule has 1 atom stereocenters. The van der Waals surface area contributed by atoms with Gasteiger partial charge in [-0.1, -0.05) is 29.8 Å². The van der Waals surface area contributed by atoms with Crippen molar-refractivity contribution in [2.45, 2.75) is 76.8 Å². The number of carbonyl (C=O) groups excluding carboxylic acids is 1. The Labute approximate surface area is 170 Å². The van der Waals surface area contributed by atoms with E-state index in [1.54, 1.807) is 0 Å². The predicted molar refractivity (Wildman–Crippen MR) is 116 cm³/mol. The zero-order valence-corrected chi connectivity index (χ0v) is 17.8. The van der Waals surface area contributed by atoms with Gasteiger partial charge in [0.15, 0.2) is 0 Å². The van der Waals surface area contributed by atoms with Crippen LogP contribution in [0.15, 0.2) is 30.4 Å². The highest BCUT2D eigenvalue weighted by molar-refractivity contribution is 5.95. The minimum absolute atomic E-state index is 0.0444. The number of urea groups is 1. The van der Waals surface area contributed by atoms with E-state index in [-0.39, 0.29) is 17.5 Å². The van der Waals surface area contributed by atoms with E-state index in [9.17, 15) is 4.79 Å². The number of amides is 2. The van der Waals surface area contributed by atoms with Crippen LogP contribution in [0.3, 0.4) is 0 Å². The summed E-state index contributed by atoms with van der Waals surface area (Å²) >= 11 is 0. The molecule has 0 bridgehead atoms. The average molecular weight is 382 g/mol. The summed E-state index contributed by atoms with van der Waals surface area (Å²) in [6, 6.07) is 7.49. The highest BCUT2D eigenvalue weighted by atomic mass is 16.2. The third-order valence-electron chi connectivity index (χ3n) is 7.00. The van der Waals surface area contributed by atoms with Crippen LogP contribution >= 0.6 is 0 Å². The molecule has 4 nitrogen and oxygen atoms in total. The molecular weight excluding hydrogens is 346 g/mol. The van der Waals surface area contributed by atoms with Gasteiger partial charge < -0.3 is 10.2 Å². The molecule has 28 heavy (non-hydrogen) atoms. The molecule has 2 aliphatic heterocycles. The summed E-state index contributed by atoms with van der Waals surface area (Å²) in [4.78, 5) is 17.6. The van der Waals surface area contributed by atoms with Crippen LogP contribution in [0.1, 0.15) is 63.5 Å². The molecule has 1 aromatic carbocycles. The fourth-order valence-electron chi connectivity index (χ4n) is 5.47. The van der Waals surface area contributed by atoms with Crippen molar-refractivity contribution >= 4 is 11.7 Å². The molecule has 4 rings (SSSR count). The smallest absolute Gasteiger partial charge is 0.322 e. The van der Waals surface area contributed by atoms with Crippen molar-refractivity contribution in [3.05, 3.63) is 41.5 Å². The summed E-state index contributed by atoms with van der Waals surface area (Å²) in [5.41, 5.74) is 5.32. The number of carbonyl (C=O) groups is 1. The number of rotatable bonds is 2. The molecule has 2 heterocycles. The maximum absolute atomic E-state index is 12.9. The van der Waals surface area contributed by atoms with Crippen molar-refractivity contribution < 1.29 is 4.79 Å². The van der Waals surface area contributed by atoms with Crippen molar-refractivity contribution in [2.24, 2.45) is 0 Å². The molecule has 1 N–H and O–H groups in total. The molecule has 1 aromatic rings. The van der Waals surface area contributed by atoms with Crippen LogP contribution in [0.25, 0.3) is 0 Å². The molecule has 4 heteroatoms. The molecular formula is C24H35N3O. The van der Waals surface area contributed by atoms with Gasteiger partial charge in [-0.05, 0) is 84.0 Å². The van der Waals surface area contributed by atoms with E-state index < -0.39 is 0 Å². The number of aryl methyl sites for hydroxylation is 1. The summed E-state index contributed by atoms with van der Waals surface area (Å²) in [6.07, 6.45) is 7.25. The standard InChI is InChI=1S/C24H35N3O/c1-17(2)25-23(28)27-16-24(21-15-19(4)8-9-22(21)27)10-12-26(13-11-24)20-7-5-6-18(3)14-20/h8-9,15,17,20H,3,5-7,10-14,16H2,1-2,4H3,(H,25,28). The second-order valence-corrected chi connectivity index (χ2v) is 9.53. The first-order chi connectivity index (χ1) is 13.4. The lowest BCUT2D eigenvalue weighted by Crippen LogP contribution is -2.51. The molecule has 1 aliphatic carbocycles. The highest BCUT2D eigenvalue weighted by Crippen LogP contribution is 2.48. The van der Waals surface area contributed by atoms with Gasteiger partial charge >= 0.3 is 6.03 Å². The second-order valence-electron chi connectivity index (χ2n) is 9.53. The number of nitrogens with zero attached hydrogens (tertiary/aromatic N) is 2. The third-order valence-corrected chi connectivity index (χ3v) is 7.00. The van der Waals surface area contributed by atoms with Gasteiger partial charge in [0.2, 0.25) is 0 Å². The lowest BCUT2D eigenvalue weighted by atomic mass is 9.73. The van der Waals surface area contributed by atoms with Crippen LogP contribution in [0.5, 0.6) is 0 Å². The molecule has 0 radical (unpaired) electrons. The first kappa shape index (κ1) is 19.5. The van der Waals surface area contributed by atoms with Crippen LogP contribution < -0.4 is 10.2 Å². The Balaban J connectivity index is 1.54. The number of hydrogen-bond donors (Lipinski definition) is 1. The number of piperidine rings is 1. The largest absolute Gasteiger partial charge is 0.336 e. The zero-order chi connectivity index (χ0) is 19.9. The molecule has 2 fully saturated rings. The molecule has 1 unspecified atom stereocenters. The molecule has 3 aliphatic rings. The summed E-state index contributed by atoms with van der Waals surface area (Å²) < 4.78 is 0. The quantitative estimate of drug-likeness (QED) is 0.749. The number of fused-ring (bicyclic) bond motifs is 2. The van der Waals surface area contributed by atoms with Gasteiger partial charge in [-0.15, -0.1) is 0 Å². The number of nitrogens with one attached hydrogen (secondary N) is 1. The Hall–Kier alpha value is -1.81. The van der Waals surface area contributed by atoms with Gasteiger partial charge in [0.1, 0.15) is 0 Å². The van der Waals surface area contributed by atoms with Crippen LogP contribution in [0.2, 0.25) is 0 Å². The lowest BCUT2D eigenvalue weighted by Gasteiger charge is -2.44. The van der Waals surface area contributed by atoms with E-state index in [0.29, 0.717) is 6.04 Å². The van der Waals surface area contributed by atoms with Crippen LogP contribution in [-0.4, -0.2) is 42.6 Å². The minimum Gasteiger partial charge on any atom is -0.336 e. The van der Waals surface area contributed by atoms with Crippen LogP contribution in [-0.2, 0) is 5.41 Å². The van der Waals surface area contributed by atoms with E-state index in [1.807, 2.05) is 18.7 Å². The van der Waals surface area contributed by atoms with E-state index >= 15 is 0 Å². The number of benzene rings is 1. The Morgan fingerprint density at radius 2 is 2.04 bits per heavy atom. The van der Waals surface area contributed by atoms with Gasteiger partial charge in [-0.25, -0.2) is 4.79 Å². The Morgan fingerprint density at radius 3 is 2.71 bits per heavy atom. The predicted octanol–water partition coefficient (Wildman–Crippen LogP) is 4.77. The molecule has 152 valence electrons. The Morgan fingerprint density at radius 1 is 1.29 bits per heavy atom. The molecule has 1 spiro atoms. The lowest BCUT2D eigenvalue weighted by molar-refractivity contribution is 0.107. The molecule has 2 amide bonds. The zero-order valence-electron chi connectivity index (χ0n) is 17.8. The maximum atomic E-state index is 12.9. The number of hydrogen-bond acceptors (Lipinski definition) is 2.